The van der Waals surface area contributed by atoms with Crippen LogP contribution in [0.5, 0.6) is 0 Å². The number of halogens is 1. The van der Waals surface area contributed by atoms with Crippen LogP contribution >= 0.6 is 11.6 Å². The van der Waals surface area contributed by atoms with Gasteiger partial charge in [-0.25, -0.2) is 0 Å². The number of aromatic nitrogens is 1. The van der Waals surface area contributed by atoms with E-state index in [0.29, 0.717) is 12.2 Å². The van der Waals surface area contributed by atoms with E-state index in [-0.39, 0.29) is 22.8 Å². The van der Waals surface area contributed by atoms with Crippen LogP contribution in [-0.4, -0.2) is 30.3 Å². The highest BCUT2D eigenvalue weighted by molar-refractivity contribution is 6.33. The minimum Gasteiger partial charge on any atom is -0.376 e. The highest BCUT2D eigenvalue weighted by Crippen LogP contribution is 2.19. The molecular weight excluding hydrogens is 232 g/mol. The summed E-state index contributed by atoms with van der Waals surface area (Å²) in [5, 5.41) is 6.60. The first-order valence-corrected chi connectivity index (χ1v) is 5.58. The average molecular weight is 245 g/mol. The molecule has 1 amide bonds. The van der Waals surface area contributed by atoms with Gasteiger partial charge >= 0.3 is 0 Å². The lowest BCUT2D eigenvalue weighted by molar-refractivity contribution is 0.0828. The van der Waals surface area contributed by atoms with Gasteiger partial charge in [-0.15, -0.1) is 0 Å². The standard InChI is InChI=1S/C10H13ClN2O3/c1-6-8(11)9(16-13-6)10(14)12-5-7-3-2-4-15-7/h7H,2-5H2,1H3,(H,12,14)/t7-/m1/s1. The van der Waals surface area contributed by atoms with Gasteiger partial charge in [0.05, 0.1) is 11.8 Å². The predicted octanol–water partition coefficient (Wildman–Crippen LogP) is 1.55. The number of aryl methyl sites for hydroxylation is 1. The smallest absolute Gasteiger partial charge is 0.291 e. The number of nitrogens with zero attached hydrogens (tertiary/aromatic N) is 1. The van der Waals surface area contributed by atoms with Crippen LogP contribution in [0, 0.1) is 6.92 Å². The number of amides is 1. The SMILES string of the molecule is Cc1noc(C(=O)NC[C@H]2CCCO2)c1Cl. The summed E-state index contributed by atoms with van der Waals surface area (Å²) in [6.45, 7) is 2.93. The van der Waals surface area contributed by atoms with Crippen LogP contribution in [0.25, 0.3) is 0 Å². The van der Waals surface area contributed by atoms with E-state index in [4.69, 9.17) is 20.9 Å². The fourth-order valence-corrected chi connectivity index (χ4v) is 1.75. The van der Waals surface area contributed by atoms with E-state index in [1.54, 1.807) is 6.92 Å². The topological polar surface area (TPSA) is 64.4 Å². The first kappa shape index (κ1) is 11.4. The largest absolute Gasteiger partial charge is 0.376 e. The number of rotatable bonds is 3. The van der Waals surface area contributed by atoms with E-state index in [1.165, 1.54) is 0 Å². The first-order chi connectivity index (χ1) is 7.68. The van der Waals surface area contributed by atoms with Crippen LogP contribution in [0.15, 0.2) is 4.52 Å². The summed E-state index contributed by atoms with van der Waals surface area (Å²) < 4.78 is 10.2. The van der Waals surface area contributed by atoms with Gasteiger partial charge < -0.3 is 14.6 Å². The molecule has 0 spiro atoms. The lowest BCUT2D eigenvalue weighted by atomic mass is 10.2. The molecule has 1 aromatic heterocycles. The second-order valence-corrected chi connectivity index (χ2v) is 4.13. The van der Waals surface area contributed by atoms with Crippen molar-refractivity contribution in [2.75, 3.05) is 13.2 Å². The number of ether oxygens (including phenoxy) is 1. The quantitative estimate of drug-likeness (QED) is 0.876. The van der Waals surface area contributed by atoms with Crippen molar-refractivity contribution in [3.05, 3.63) is 16.5 Å². The minimum absolute atomic E-state index is 0.0668. The molecule has 0 saturated carbocycles. The van der Waals surface area contributed by atoms with Gasteiger partial charge in [0.1, 0.15) is 5.02 Å². The molecule has 1 saturated heterocycles. The Morgan fingerprint density at radius 3 is 3.06 bits per heavy atom. The molecule has 6 heteroatoms. The Morgan fingerprint density at radius 2 is 2.50 bits per heavy atom. The summed E-state index contributed by atoms with van der Waals surface area (Å²) in [5.74, 6) is -0.279. The van der Waals surface area contributed by atoms with Crippen molar-refractivity contribution in [2.24, 2.45) is 0 Å². The lowest BCUT2D eigenvalue weighted by Gasteiger charge is -2.09. The van der Waals surface area contributed by atoms with Gasteiger partial charge in [-0.1, -0.05) is 16.8 Å². The molecule has 0 bridgehead atoms. The summed E-state index contributed by atoms with van der Waals surface area (Å²) in [5.41, 5.74) is 0.518. The minimum atomic E-state index is -0.346. The van der Waals surface area contributed by atoms with Crippen molar-refractivity contribution in [2.45, 2.75) is 25.9 Å². The van der Waals surface area contributed by atoms with Crippen LogP contribution in [0.4, 0.5) is 0 Å². The van der Waals surface area contributed by atoms with Crippen LogP contribution in [0.3, 0.4) is 0 Å². The molecule has 1 aromatic rings. The molecule has 16 heavy (non-hydrogen) atoms. The molecule has 5 nitrogen and oxygen atoms in total. The van der Waals surface area contributed by atoms with E-state index >= 15 is 0 Å². The zero-order valence-electron chi connectivity index (χ0n) is 8.96. The van der Waals surface area contributed by atoms with Crippen molar-refractivity contribution in [1.82, 2.24) is 10.5 Å². The molecule has 88 valence electrons. The van der Waals surface area contributed by atoms with Gasteiger partial charge in [-0.2, -0.15) is 0 Å². The Bertz CT molecular complexity index is 385. The fraction of sp³-hybridized carbons (Fsp3) is 0.600. The third-order valence-electron chi connectivity index (χ3n) is 2.51. The summed E-state index contributed by atoms with van der Waals surface area (Å²) in [6.07, 6.45) is 2.12. The van der Waals surface area contributed by atoms with E-state index in [1.807, 2.05) is 0 Å². The van der Waals surface area contributed by atoms with Crippen molar-refractivity contribution in [3.63, 3.8) is 0 Å². The second kappa shape index (κ2) is 4.84. The summed E-state index contributed by atoms with van der Waals surface area (Å²) >= 11 is 5.85. The Labute approximate surface area is 98.1 Å². The maximum Gasteiger partial charge on any atom is 0.291 e. The van der Waals surface area contributed by atoms with E-state index < -0.39 is 0 Å². The lowest BCUT2D eigenvalue weighted by Crippen LogP contribution is -2.31. The number of nitrogens with one attached hydrogen (secondary N) is 1. The van der Waals surface area contributed by atoms with Gasteiger partial charge in [-0.3, -0.25) is 4.79 Å². The monoisotopic (exact) mass is 244 g/mol. The predicted molar refractivity (Wildman–Crippen MR) is 57.6 cm³/mol. The second-order valence-electron chi connectivity index (χ2n) is 3.76. The molecule has 0 unspecified atom stereocenters. The van der Waals surface area contributed by atoms with E-state index in [2.05, 4.69) is 10.5 Å². The number of hydrogen-bond acceptors (Lipinski definition) is 4. The van der Waals surface area contributed by atoms with E-state index in [9.17, 15) is 4.79 Å². The first-order valence-electron chi connectivity index (χ1n) is 5.20. The summed E-state index contributed by atoms with van der Waals surface area (Å²) in [7, 11) is 0. The maximum absolute atomic E-state index is 11.7. The van der Waals surface area contributed by atoms with Crippen molar-refractivity contribution in [3.8, 4) is 0 Å². The molecule has 1 aliphatic rings. The van der Waals surface area contributed by atoms with Crippen LogP contribution in [-0.2, 0) is 4.74 Å². The van der Waals surface area contributed by atoms with E-state index in [0.717, 1.165) is 19.4 Å². The molecule has 0 aromatic carbocycles. The highest BCUT2D eigenvalue weighted by Gasteiger charge is 2.21. The van der Waals surface area contributed by atoms with Crippen LogP contribution in [0.2, 0.25) is 5.02 Å². The Morgan fingerprint density at radius 1 is 1.69 bits per heavy atom. The molecule has 1 N–H and O–H groups in total. The summed E-state index contributed by atoms with van der Waals surface area (Å²) in [4.78, 5) is 11.7. The fourth-order valence-electron chi connectivity index (χ4n) is 1.59. The molecular formula is C10H13ClN2O3. The van der Waals surface area contributed by atoms with Crippen LogP contribution in [0.1, 0.15) is 29.1 Å². The molecule has 1 aliphatic heterocycles. The summed E-state index contributed by atoms with van der Waals surface area (Å²) in [6, 6.07) is 0. The average Bonchev–Trinajstić information content (AvgIpc) is 2.88. The molecule has 0 radical (unpaired) electrons. The highest BCUT2D eigenvalue weighted by atomic mass is 35.5. The Kier molecular flexibility index (Phi) is 3.46. The van der Waals surface area contributed by atoms with Crippen molar-refractivity contribution >= 4 is 17.5 Å². The van der Waals surface area contributed by atoms with Gasteiger partial charge in [-0.05, 0) is 19.8 Å². The molecule has 0 aliphatic carbocycles. The van der Waals surface area contributed by atoms with Gasteiger partial charge in [0.25, 0.3) is 5.91 Å². The molecule has 2 heterocycles. The molecule has 2 rings (SSSR count). The Hall–Kier alpha value is -1.07. The molecule has 1 fully saturated rings. The van der Waals surface area contributed by atoms with Crippen molar-refractivity contribution < 1.29 is 14.1 Å². The van der Waals surface area contributed by atoms with Gasteiger partial charge in [0, 0.05) is 13.2 Å². The normalized spacial score (nSPS) is 20.0. The van der Waals surface area contributed by atoms with Crippen LogP contribution < -0.4 is 5.32 Å². The third-order valence-corrected chi connectivity index (χ3v) is 2.96. The number of hydrogen-bond donors (Lipinski definition) is 1. The number of carbonyl (C=O) groups is 1. The Balaban J connectivity index is 1.90. The van der Waals surface area contributed by atoms with Gasteiger partial charge in [0.15, 0.2) is 0 Å². The third kappa shape index (κ3) is 2.36. The van der Waals surface area contributed by atoms with Crippen molar-refractivity contribution in [1.29, 1.82) is 0 Å². The zero-order valence-corrected chi connectivity index (χ0v) is 9.71. The van der Waals surface area contributed by atoms with Gasteiger partial charge in [0.2, 0.25) is 5.76 Å². The zero-order chi connectivity index (χ0) is 11.5. The maximum atomic E-state index is 11.7. The number of carbonyl (C=O) groups excluding carboxylic acids is 1. The molecule has 1 atom stereocenters.